The van der Waals surface area contributed by atoms with Gasteiger partial charge in [-0.1, -0.05) is 48.5 Å². The number of rotatable bonds is 2. The Labute approximate surface area is 135 Å². The first-order valence-electron chi connectivity index (χ1n) is 7.87. The Kier molecular flexibility index (Phi) is 3.03. The Hall–Kier alpha value is -2.58. The number of para-hydroxylation sites is 2. The molecule has 114 valence electrons. The van der Waals surface area contributed by atoms with Gasteiger partial charge in [0.25, 0.3) is 0 Å². The lowest BCUT2D eigenvalue weighted by molar-refractivity contribution is 0.0787. The van der Waals surface area contributed by atoms with Gasteiger partial charge in [-0.25, -0.2) is 0 Å². The second-order valence-corrected chi connectivity index (χ2v) is 6.48. The summed E-state index contributed by atoms with van der Waals surface area (Å²) in [5.74, 6) is 0. The maximum Gasteiger partial charge on any atom is 0.0841 e. The molecule has 3 aromatic carbocycles. The summed E-state index contributed by atoms with van der Waals surface area (Å²) in [5, 5.41) is 12.8. The third kappa shape index (κ3) is 2.23. The standard InChI is InChI=1S/C21H19NO/c1-21(2,23)15-12-13-18-17-10-6-7-11-19(17)22(20(18)14-15)16-8-4-3-5-9-16/h3-14,23H,1-2H3. The summed E-state index contributed by atoms with van der Waals surface area (Å²) in [7, 11) is 0. The first kappa shape index (κ1) is 14.0. The van der Waals surface area contributed by atoms with E-state index in [1.807, 2.05) is 26.0 Å². The lowest BCUT2D eigenvalue weighted by Gasteiger charge is -2.18. The van der Waals surface area contributed by atoms with Crippen LogP contribution >= 0.6 is 0 Å². The van der Waals surface area contributed by atoms with Gasteiger partial charge in [-0.05, 0) is 43.7 Å². The number of aromatic nitrogens is 1. The van der Waals surface area contributed by atoms with Crippen molar-refractivity contribution >= 4 is 21.8 Å². The van der Waals surface area contributed by atoms with E-state index in [4.69, 9.17) is 0 Å². The molecule has 1 N–H and O–H groups in total. The summed E-state index contributed by atoms with van der Waals surface area (Å²) in [6.07, 6.45) is 0. The molecule has 0 radical (unpaired) electrons. The van der Waals surface area contributed by atoms with Crippen LogP contribution in [0.15, 0.2) is 72.8 Å². The van der Waals surface area contributed by atoms with Gasteiger partial charge in [0.1, 0.15) is 0 Å². The first-order valence-corrected chi connectivity index (χ1v) is 7.87. The van der Waals surface area contributed by atoms with Crippen molar-refractivity contribution in [2.75, 3.05) is 0 Å². The van der Waals surface area contributed by atoms with E-state index >= 15 is 0 Å². The molecule has 0 spiro atoms. The molecule has 0 unspecified atom stereocenters. The molecule has 0 atom stereocenters. The van der Waals surface area contributed by atoms with E-state index < -0.39 is 5.60 Å². The average molecular weight is 301 g/mol. The molecule has 23 heavy (non-hydrogen) atoms. The molecular formula is C21H19NO. The lowest BCUT2D eigenvalue weighted by Crippen LogP contribution is -2.15. The van der Waals surface area contributed by atoms with Crippen LogP contribution < -0.4 is 0 Å². The highest BCUT2D eigenvalue weighted by molar-refractivity contribution is 6.09. The van der Waals surface area contributed by atoms with Gasteiger partial charge in [0.2, 0.25) is 0 Å². The van der Waals surface area contributed by atoms with Gasteiger partial charge in [-0.2, -0.15) is 0 Å². The zero-order chi connectivity index (χ0) is 16.0. The van der Waals surface area contributed by atoms with E-state index in [-0.39, 0.29) is 0 Å². The van der Waals surface area contributed by atoms with Gasteiger partial charge >= 0.3 is 0 Å². The molecule has 0 amide bonds. The molecule has 4 rings (SSSR count). The van der Waals surface area contributed by atoms with Gasteiger partial charge in [0, 0.05) is 16.5 Å². The normalized spacial score (nSPS) is 12.1. The summed E-state index contributed by atoms with van der Waals surface area (Å²) in [4.78, 5) is 0. The average Bonchev–Trinajstić information content (AvgIpc) is 2.88. The molecule has 0 aliphatic carbocycles. The zero-order valence-corrected chi connectivity index (χ0v) is 13.3. The fourth-order valence-corrected chi connectivity index (χ4v) is 3.21. The highest BCUT2D eigenvalue weighted by atomic mass is 16.3. The molecule has 1 heterocycles. The monoisotopic (exact) mass is 301 g/mol. The van der Waals surface area contributed by atoms with E-state index in [2.05, 4.69) is 65.2 Å². The minimum atomic E-state index is -0.855. The number of fused-ring (bicyclic) bond motifs is 3. The van der Waals surface area contributed by atoms with E-state index in [9.17, 15) is 5.11 Å². The maximum absolute atomic E-state index is 10.4. The van der Waals surface area contributed by atoms with Gasteiger partial charge in [0.05, 0.1) is 16.6 Å². The van der Waals surface area contributed by atoms with Gasteiger partial charge in [-0.3, -0.25) is 0 Å². The minimum Gasteiger partial charge on any atom is -0.386 e. The molecular weight excluding hydrogens is 282 g/mol. The summed E-state index contributed by atoms with van der Waals surface area (Å²) >= 11 is 0. The number of nitrogens with zero attached hydrogens (tertiary/aromatic N) is 1. The van der Waals surface area contributed by atoms with Gasteiger partial charge in [0.15, 0.2) is 0 Å². The van der Waals surface area contributed by atoms with E-state index in [0.717, 1.165) is 16.8 Å². The zero-order valence-electron chi connectivity index (χ0n) is 13.3. The van der Waals surface area contributed by atoms with Crippen molar-refractivity contribution < 1.29 is 5.11 Å². The van der Waals surface area contributed by atoms with Crippen LogP contribution in [0.5, 0.6) is 0 Å². The third-order valence-corrected chi connectivity index (χ3v) is 4.39. The highest BCUT2D eigenvalue weighted by Gasteiger charge is 2.19. The van der Waals surface area contributed by atoms with Crippen LogP contribution in [0.1, 0.15) is 19.4 Å². The quantitative estimate of drug-likeness (QED) is 0.553. The maximum atomic E-state index is 10.4. The molecule has 0 aliphatic heterocycles. The van der Waals surface area contributed by atoms with E-state index in [0.29, 0.717) is 0 Å². The fourth-order valence-electron chi connectivity index (χ4n) is 3.21. The minimum absolute atomic E-state index is 0.855. The fraction of sp³-hybridized carbons (Fsp3) is 0.143. The van der Waals surface area contributed by atoms with E-state index in [1.165, 1.54) is 16.3 Å². The Balaban J connectivity index is 2.15. The van der Waals surface area contributed by atoms with Crippen molar-refractivity contribution in [3.8, 4) is 5.69 Å². The van der Waals surface area contributed by atoms with Crippen LogP contribution in [0, 0.1) is 0 Å². The molecule has 0 aliphatic rings. The molecule has 0 saturated carbocycles. The lowest BCUT2D eigenvalue weighted by atomic mass is 9.97. The summed E-state index contributed by atoms with van der Waals surface area (Å²) in [5.41, 5.74) is 3.50. The topological polar surface area (TPSA) is 25.2 Å². The van der Waals surface area contributed by atoms with Crippen LogP contribution in [0.3, 0.4) is 0 Å². The van der Waals surface area contributed by atoms with Crippen molar-refractivity contribution in [1.29, 1.82) is 0 Å². The number of hydrogen-bond donors (Lipinski definition) is 1. The van der Waals surface area contributed by atoms with Gasteiger partial charge < -0.3 is 9.67 Å². The summed E-state index contributed by atoms with van der Waals surface area (Å²) < 4.78 is 2.26. The predicted octanol–water partition coefficient (Wildman–Crippen LogP) is 5.01. The summed E-state index contributed by atoms with van der Waals surface area (Å²) in [6, 6.07) is 25.0. The molecule has 2 heteroatoms. The van der Waals surface area contributed by atoms with Crippen molar-refractivity contribution in [1.82, 2.24) is 4.57 Å². The molecule has 0 saturated heterocycles. The van der Waals surface area contributed by atoms with Crippen LogP contribution in [0.25, 0.3) is 27.5 Å². The molecule has 0 bridgehead atoms. The third-order valence-electron chi connectivity index (χ3n) is 4.39. The Morgan fingerprint density at radius 2 is 1.39 bits per heavy atom. The Morgan fingerprint density at radius 1 is 0.739 bits per heavy atom. The van der Waals surface area contributed by atoms with E-state index in [1.54, 1.807) is 0 Å². The molecule has 1 aromatic heterocycles. The molecule has 0 fully saturated rings. The number of benzene rings is 3. The smallest absolute Gasteiger partial charge is 0.0841 e. The second-order valence-electron chi connectivity index (χ2n) is 6.48. The Morgan fingerprint density at radius 3 is 2.13 bits per heavy atom. The predicted molar refractivity (Wildman–Crippen MR) is 96.0 cm³/mol. The summed E-state index contributed by atoms with van der Waals surface area (Å²) in [6.45, 7) is 3.65. The van der Waals surface area contributed by atoms with Gasteiger partial charge in [-0.15, -0.1) is 0 Å². The Bertz CT molecular complexity index is 991. The van der Waals surface area contributed by atoms with Crippen molar-refractivity contribution in [3.05, 3.63) is 78.4 Å². The largest absolute Gasteiger partial charge is 0.386 e. The van der Waals surface area contributed by atoms with Crippen molar-refractivity contribution in [2.45, 2.75) is 19.4 Å². The number of aliphatic hydroxyl groups is 1. The SMILES string of the molecule is CC(C)(O)c1ccc2c3ccccc3n(-c3ccccc3)c2c1. The second kappa shape index (κ2) is 4.97. The molecule has 4 aromatic rings. The highest BCUT2D eigenvalue weighted by Crippen LogP contribution is 2.34. The van der Waals surface area contributed by atoms with Crippen LogP contribution in [0.4, 0.5) is 0 Å². The van der Waals surface area contributed by atoms with Crippen LogP contribution in [-0.4, -0.2) is 9.67 Å². The first-order chi connectivity index (χ1) is 11.1. The van der Waals surface area contributed by atoms with Crippen molar-refractivity contribution in [2.24, 2.45) is 0 Å². The van der Waals surface area contributed by atoms with Crippen LogP contribution in [0.2, 0.25) is 0 Å². The van der Waals surface area contributed by atoms with Crippen LogP contribution in [-0.2, 0) is 5.60 Å². The number of hydrogen-bond acceptors (Lipinski definition) is 1. The van der Waals surface area contributed by atoms with Crippen molar-refractivity contribution in [3.63, 3.8) is 0 Å². The molecule has 2 nitrogen and oxygen atoms in total.